The van der Waals surface area contributed by atoms with Gasteiger partial charge in [0.05, 0.1) is 17.6 Å². The van der Waals surface area contributed by atoms with Gasteiger partial charge in [-0.15, -0.1) is 11.3 Å². The third-order valence-corrected chi connectivity index (χ3v) is 3.09. The van der Waals surface area contributed by atoms with Crippen LogP contribution in [0.1, 0.15) is 23.2 Å². The number of nitrogens with two attached hydrogens (primary N) is 1. The molecule has 1 aromatic heterocycles. The minimum Gasteiger partial charge on any atom is -0.339 e. The lowest BCUT2D eigenvalue weighted by Gasteiger charge is -2.19. The Labute approximate surface area is 94.1 Å². The van der Waals surface area contributed by atoms with Gasteiger partial charge >= 0.3 is 0 Å². The Hall–Kier alpha value is -0.940. The van der Waals surface area contributed by atoms with Crippen molar-refractivity contribution in [1.29, 1.82) is 0 Å². The number of thiazole rings is 1. The van der Waals surface area contributed by atoms with E-state index >= 15 is 0 Å². The zero-order valence-electron chi connectivity index (χ0n) is 9.36. The van der Waals surface area contributed by atoms with Gasteiger partial charge in [0.15, 0.2) is 0 Å². The highest BCUT2D eigenvalue weighted by molar-refractivity contribution is 7.11. The Morgan fingerprint density at radius 2 is 2.40 bits per heavy atom. The number of hydrogen-bond donors (Lipinski definition) is 1. The first-order valence-electron chi connectivity index (χ1n) is 4.96. The largest absolute Gasteiger partial charge is 0.339 e. The molecular formula is C10H17N3OS. The average molecular weight is 227 g/mol. The summed E-state index contributed by atoms with van der Waals surface area (Å²) < 4.78 is 0. The molecule has 0 saturated carbocycles. The number of carbonyl (C=O) groups is 1. The van der Waals surface area contributed by atoms with E-state index in [0.29, 0.717) is 13.0 Å². The lowest BCUT2D eigenvalue weighted by molar-refractivity contribution is -0.131. The number of amides is 1. The first kappa shape index (κ1) is 12.1. The Morgan fingerprint density at radius 3 is 2.87 bits per heavy atom. The van der Waals surface area contributed by atoms with Crippen LogP contribution in [0.2, 0.25) is 0 Å². The van der Waals surface area contributed by atoms with Crippen molar-refractivity contribution in [2.45, 2.75) is 32.9 Å². The molecule has 1 atom stereocenters. The van der Waals surface area contributed by atoms with Crippen molar-refractivity contribution in [3.63, 3.8) is 0 Å². The minimum atomic E-state index is -0.385. The van der Waals surface area contributed by atoms with Gasteiger partial charge in [-0.3, -0.25) is 4.79 Å². The third-order valence-electron chi connectivity index (χ3n) is 2.20. The van der Waals surface area contributed by atoms with E-state index in [0.717, 1.165) is 9.88 Å². The van der Waals surface area contributed by atoms with Crippen molar-refractivity contribution in [3.05, 3.63) is 16.1 Å². The molecular weight excluding hydrogens is 210 g/mol. The molecule has 0 aromatic carbocycles. The lowest BCUT2D eigenvalue weighted by atomic mass is 10.2. The van der Waals surface area contributed by atoms with Crippen LogP contribution in [0, 0.1) is 6.92 Å². The van der Waals surface area contributed by atoms with Crippen molar-refractivity contribution < 1.29 is 4.79 Å². The van der Waals surface area contributed by atoms with E-state index < -0.39 is 0 Å². The van der Waals surface area contributed by atoms with Crippen LogP contribution < -0.4 is 5.73 Å². The van der Waals surface area contributed by atoms with Crippen LogP contribution in [0.3, 0.4) is 0 Å². The Morgan fingerprint density at radius 1 is 1.73 bits per heavy atom. The summed E-state index contributed by atoms with van der Waals surface area (Å²) in [6.45, 7) is 4.46. The summed E-state index contributed by atoms with van der Waals surface area (Å²) in [4.78, 5) is 18.6. The van der Waals surface area contributed by atoms with Crippen molar-refractivity contribution in [2.75, 3.05) is 7.05 Å². The predicted molar refractivity (Wildman–Crippen MR) is 61.6 cm³/mol. The van der Waals surface area contributed by atoms with Gasteiger partial charge in [0.1, 0.15) is 0 Å². The second kappa shape index (κ2) is 5.23. The SMILES string of the molecule is CC[C@H](N)C(=O)N(C)Cc1cnc(C)s1. The molecule has 0 unspecified atom stereocenters. The van der Waals surface area contributed by atoms with Gasteiger partial charge in [0, 0.05) is 18.1 Å². The maximum Gasteiger partial charge on any atom is 0.239 e. The van der Waals surface area contributed by atoms with Crippen molar-refractivity contribution in [3.8, 4) is 0 Å². The maximum absolute atomic E-state index is 11.7. The standard InChI is InChI=1S/C10H17N3OS/c1-4-9(11)10(14)13(3)6-8-5-12-7(2)15-8/h5,9H,4,6,11H2,1-3H3/t9-/m0/s1. The molecule has 5 heteroatoms. The summed E-state index contributed by atoms with van der Waals surface area (Å²) in [5.41, 5.74) is 5.67. The first-order valence-corrected chi connectivity index (χ1v) is 5.78. The van der Waals surface area contributed by atoms with Gasteiger partial charge in [0.2, 0.25) is 5.91 Å². The number of likely N-dealkylation sites (N-methyl/N-ethyl adjacent to an activating group) is 1. The fourth-order valence-electron chi connectivity index (χ4n) is 1.25. The molecule has 1 aromatic rings. The van der Waals surface area contributed by atoms with Crippen molar-refractivity contribution >= 4 is 17.2 Å². The minimum absolute atomic E-state index is 0.0106. The summed E-state index contributed by atoms with van der Waals surface area (Å²) in [6.07, 6.45) is 2.48. The lowest BCUT2D eigenvalue weighted by Crippen LogP contribution is -2.40. The van der Waals surface area contributed by atoms with Crippen LogP contribution >= 0.6 is 11.3 Å². The summed E-state index contributed by atoms with van der Waals surface area (Å²) in [7, 11) is 1.77. The summed E-state index contributed by atoms with van der Waals surface area (Å²) in [5, 5.41) is 1.02. The van der Waals surface area contributed by atoms with Crippen molar-refractivity contribution in [2.24, 2.45) is 5.73 Å². The summed E-state index contributed by atoms with van der Waals surface area (Å²) in [5.74, 6) is -0.0106. The fraction of sp³-hybridized carbons (Fsp3) is 0.600. The van der Waals surface area contributed by atoms with Crippen LogP contribution in [0.4, 0.5) is 0 Å². The second-order valence-electron chi connectivity index (χ2n) is 3.55. The first-order chi connectivity index (χ1) is 7.04. The molecule has 1 rings (SSSR count). The van der Waals surface area contributed by atoms with E-state index in [9.17, 15) is 4.79 Å². The smallest absolute Gasteiger partial charge is 0.239 e. The highest BCUT2D eigenvalue weighted by atomic mass is 32.1. The van der Waals surface area contributed by atoms with Gasteiger partial charge in [-0.05, 0) is 13.3 Å². The molecule has 0 aliphatic rings. The molecule has 0 bridgehead atoms. The van der Waals surface area contributed by atoms with E-state index in [1.54, 1.807) is 29.5 Å². The summed E-state index contributed by atoms with van der Waals surface area (Å²) >= 11 is 1.61. The molecule has 1 amide bonds. The number of rotatable bonds is 4. The van der Waals surface area contributed by atoms with E-state index in [1.165, 1.54) is 0 Å². The molecule has 2 N–H and O–H groups in total. The summed E-state index contributed by atoms with van der Waals surface area (Å²) in [6, 6.07) is -0.385. The van der Waals surface area contributed by atoms with Crippen LogP contribution in [0.5, 0.6) is 0 Å². The van der Waals surface area contributed by atoms with Gasteiger partial charge in [-0.25, -0.2) is 4.98 Å². The fourth-order valence-corrected chi connectivity index (χ4v) is 2.10. The number of nitrogens with zero attached hydrogens (tertiary/aromatic N) is 2. The molecule has 84 valence electrons. The number of carbonyl (C=O) groups excluding carboxylic acids is 1. The average Bonchev–Trinajstić information content (AvgIpc) is 2.61. The molecule has 4 nitrogen and oxygen atoms in total. The number of aromatic nitrogens is 1. The Kier molecular flexibility index (Phi) is 4.23. The normalized spacial score (nSPS) is 12.5. The van der Waals surface area contributed by atoms with Crippen LogP contribution in [0.15, 0.2) is 6.20 Å². The van der Waals surface area contributed by atoms with Gasteiger partial charge in [0.25, 0.3) is 0 Å². The molecule has 0 spiro atoms. The Balaban J connectivity index is 2.55. The van der Waals surface area contributed by atoms with E-state index in [2.05, 4.69) is 4.98 Å². The van der Waals surface area contributed by atoms with Gasteiger partial charge in [-0.2, -0.15) is 0 Å². The number of hydrogen-bond acceptors (Lipinski definition) is 4. The van der Waals surface area contributed by atoms with Gasteiger partial charge in [-0.1, -0.05) is 6.92 Å². The highest BCUT2D eigenvalue weighted by Gasteiger charge is 2.16. The molecule has 0 aliphatic heterocycles. The van der Waals surface area contributed by atoms with E-state index in [1.807, 2.05) is 13.8 Å². The molecule has 0 radical (unpaired) electrons. The quantitative estimate of drug-likeness (QED) is 0.839. The third kappa shape index (κ3) is 3.28. The van der Waals surface area contributed by atoms with Crippen LogP contribution in [-0.2, 0) is 11.3 Å². The monoisotopic (exact) mass is 227 g/mol. The van der Waals surface area contributed by atoms with E-state index in [4.69, 9.17) is 5.73 Å². The molecule has 0 saturated heterocycles. The zero-order chi connectivity index (χ0) is 11.4. The molecule has 0 aliphatic carbocycles. The van der Waals surface area contributed by atoms with Crippen molar-refractivity contribution in [1.82, 2.24) is 9.88 Å². The van der Waals surface area contributed by atoms with E-state index in [-0.39, 0.29) is 11.9 Å². The van der Waals surface area contributed by atoms with Gasteiger partial charge < -0.3 is 10.6 Å². The highest BCUT2D eigenvalue weighted by Crippen LogP contribution is 2.13. The van der Waals surface area contributed by atoms with Crippen LogP contribution in [0.25, 0.3) is 0 Å². The topological polar surface area (TPSA) is 59.2 Å². The molecule has 1 heterocycles. The molecule has 15 heavy (non-hydrogen) atoms. The number of aryl methyl sites for hydroxylation is 1. The maximum atomic E-state index is 11.7. The predicted octanol–water partition coefficient (Wildman–Crippen LogP) is 1.15. The Bertz CT molecular complexity index is 337. The zero-order valence-corrected chi connectivity index (χ0v) is 10.2. The van der Waals surface area contributed by atoms with Crippen LogP contribution in [-0.4, -0.2) is 28.9 Å². The second-order valence-corrected chi connectivity index (χ2v) is 4.87. The molecule has 0 fully saturated rings.